The van der Waals surface area contributed by atoms with E-state index in [1.807, 2.05) is 0 Å². The summed E-state index contributed by atoms with van der Waals surface area (Å²) in [5.74, 6) is 0.563. The first-order valence-electron chi connectivity index (χ1n) is 4.67. The van der Waals surface area contributed by atoms with Crippen LogP contribution in [-0.4, -0.2) is 18.0 Å². The minimum Gasteiger partial charge on any atom is -0.506 e. The topological polar surface area (TPSA) is 46.5 Å². The molecule has 1 aromatic carbocycles. The summed E-state index contributed by atoms with van der Waals surface area (Å²) in [5, 5.41) is 11.1. The van der Waals surface area contributed by atoms with Crippen LogP contribution >= 0.6 is 11.3 Å². The number of ketones is 1. The Hall–Kier alpha value is -1.81. The van der Waals surface area contributed by atoms with Crippen LogP contribution in [-0.2, 0) is 0 Å². The lowest BCUT2D eigenvalue weighted by molar-refractivity contribution is 0.104. The van der Waals surface area contributed by atoms with Gasteiger partial charge in [0.1, 0.15) is 16.4 Å². The predicted molar refractivity (Wildman–Crippen MR) is 62.4 cm³/mol. The molecule has 0 fully saturated rings. The Morgan fingerprint density at radius 3 is 2.44 bits per heavy atom. The van der Waals surface area contributed by atoms with Crippen LogP contribution in [0.4, 0.5) is 0 Å². The van der Waals surface area contributed by atoms with Crippen molar-refractivity contribution in [3.63, 3.8) is 0 Å². The molecule has 1 N–H and O–H groups in total. The number of thiophene rings is 1. The average molecular weight is 236 g/mol. The molecular weight excluding hydrogens is 226 g/mol. The molecule has 4 heteroatoms. The summed E-state index contributed by atoms with van der Waals surface area (Å²) < 4.78 is 5.01. The van der Waals surface area contributed by atoms with E-state index in [9.17, 15) is 9.90 Å². The van der Waals surface area contributed by atoms with E-state index in [0.29, 0.717) is 16.2 Å². The van der Waals surface area contributed by atoms with Gasteiger partial charge in [-0.1, -0.05) is 0 Å². The van der Waals surface area contributed by atoms with Crippen LogP contribution in [0.25, 0.3) is 0 Å². The number of benzene rings is 1. The van der Waals surface area contributed by atoms with Crippen molar-refractivity contribution in [3.8, 4) is 11.5 Å². The molecule has 0 spiro atoms. The Balaban J connectivity index is 2.31. The van der Waals surface area contributed by atoms with Crippen molar-refractivity contribution in [3.05, 3.63) is 46.2 Å². The number of aromatic hydroxyl groups is 1. The fourth-order valence-corrected chi connectivity index (χ4v) is 2.09. The molecule has 0 aliphatic heterocycles. The Morgan fingerprint density at radius 1 is 1.25 bits per heavy atom. The highest BCUT2D eigenvalue weighted by molar-refractivity contribution is 7.12. The van der Waals surface area contributed by atoms with Gasteiger partial charge in [-0.05, 0) is 35.7 Å². The molecule has 0 saturated carbocycles. The Kier molecular flexibility index (Phi) is 2.92. The van der Waals surface area contributed by atoms with Crippen LogP contribution in [0.5, 0.6) is 11.5 Å². The molecule has 0 saturated heterocycles. The molecule has 16 heavy (non-hydrogen) atoms. The molecule has 0 atom stereocenters. The highest BCUT2D eigenvalue weighted by Gasteiger charge is 2.14. The van der Waals surface area contributed by atoms with Crippen LogP contribution < -0.4 is 4.74 Å². The number of hydrogen-bond acceptors (Lipinski definition) is 4. The molecule has 0 radical (unpaired) electrons. The van der Waals surface area contributed by atoms with Crippen LogP contribution in [0.2, 0.25) is 0 Å². The summed E-state index contributed by atoms with van der Waals surface area (Å²) in [6.07, 6.45) is 0. The number of carbonyl (C=O) groups excluding carboxylic acids is 1. The molecule has 2 rings (SSSR count). The summed E-state index contributed by atoms with van der Waals surface area (Å²) in [7, 11) is 1.57. The van der Waals surface area contributed by atoms with Gasteiger partial charge in [-0.15, -0.1) is 11.3 Å². The van der Waals surface area contributed by atoms with Crippen LogP contribution in [0.1, 0.15) is 15.2 Å². The SMILES string of the molecule is COc1ccc([14C](=O)c2sccc2O)cc1. The molecule has 0 bridgehead atoms. The molecule has 82 valence electrons. The smallest absolute Gasteiger partial charge is 0.206 e. The maximum atomic E-state index is 11.9. The summed E-state index contributed by atoms with van der Waals surface area (Å²) in [4.78, 5) is 12.3. The van der Waals surface area contributed by atoms with E-state index in [2.05, 4.69) is 0 Å². The van der Waals surface area contributed by atoms with E-state index in [0.717, 1.165) is 0 Å². The van der Waals surface area contributed by atoms with E-state index in [1.165, 1.54) is 17.4 Å². The number of ether oxygens (including phenoxy) is 1. The van der Waals surface area contributed by atoms with Gasteiger partial charge in [0.25, 0.3) is 0 Å². The average Bonchev–Trinajstić information content (AvgIpc) is 2.75. The second-order valence-electron chi connectivity index (χ2n) is 3.19. The van der Waals surface area contributed by atoms with E-state index in [4.69, 9.17) is 4.74 Å². The minimum absolute atomic E-state index is 0.0332. The van der Waals surface area contributed by atoms with Gasteiger partial charge in [0, 0.05) is 5.56 Å². The zero-order valence-corrected chi connectivity index (χ0v) is 9.45. The Bertz CT molecular complexity index is 499. The highest BCUT2D eigenvalue weighted by atomic mass is 32.1. The third-order valence-electron chi connectivity index (χ3n) is 2.20. The second-order valence-corrected chi connectivity index (χ2v) is 4.11. The number of methoxy groups -OCH3 is 1. The van der Waals surface area contributed by atoms with Crippen molar-refractivity contribution < 1.29 is 14.6 Å². The predicted octanol–water partition coefficient (Wildman–Crippen LogP) is 2.69. The first kappa shape index (κ1) is 10.7. The van der Waals surface area contributed by atoms with Gasteiger partial charge in [0.15, 0.2) is 0 Å². The third-order valence-corrected chi connectivity index (χ3v) is 3.11. The summed E-state index contributed by atoms with van der Waals surface area (Å²) in [6.45, 7) is 0. The van der Waals surface area contributed by atoms with Gasteiger partial charge in [-0.25, -0.2) is 0 Å². The van der Waals surface area contributed by atoms with Crippen molar-refractivity contribution in [2.24, 2.45) is 0 Å². The quantitative estimate of drug-likeness (QED) is 0.833. The van der Waals surface area contributed by atoms with Crippen molar-refractivity contribution in [1.29, 1.82) is 0 Å². The van der Waals surface area contributed by atoms with Gasteiger partial charge in [0.2, 0.25) is 5.78 Å². The Morgan fingerprint density at radius 2 is 1.94 bits per heavy atom. The summed E-state index contributed by atoms with van der Waals surface area (Å²) in [6, 6.07) is 8.32. The molecule has 1 heterocycles. The van der Waals surface area contributed by atoms with E-state index in [1.54, 1.807) is 36.8 Å². The number of rotatable bonds is 3. The van der Waals surface area contributed by atoms with Gasteiger partial charge >= 0.3 is 0 Å². The minimum atomic E-state index is -0.171. The van der Waals surface area contributed by atoms with Crippen LogP contribution in [0.15, 0.2) is 35.7 Å². The van der Waals surface area contributed by atoms with Crippen molar-refractivity contribution >= 4 is 17.1 Å². The maximum absolute atomic E-state index is 11.9. The number of hydrogen-bond donors (Lipinski definition) is 1. The lowest BCUT2D eigenvalue weighted by atomic mass is 10.3. The van der Waals surface area contributed by atoms with Gasteiger partial charge in [0.05, 0.1) is 7.11 Å². The van der Waals surface area contributed by atoms with E-state index >= 15 is 0 Å². The highest BCUT2D eigenvalue weighted by Crippen LogP contribution is 2.26. The van der Waals surface area contributed by atoms with Crippen molar-refractivity contribution in [2.45, 2.75) is 0 Å². The third kappa shape index (κ3) is 1.92. The monoisotopic (exact) mass is 236 g/mol. The molecule has 0 aliphatic carbocycles. The molecule has 0 aliphatic rings. The largest absolute Gasteiger partial charge is 0.506 e. The normalized spacial score (nSPS) is 10.1. The van der Waals surface area contributed by atoms with Gasteiger partial charge in [-0.3, -0.25) is 4.79 Å². The number of carbonyl (C=O) groups is 1. The lowest BCUT2D eigenvalue weighted by Gasteiger charge is -2.01. The molecule has 2 aromatic rings. The first-order valence-corrected chi connectivity index (χ1v) is 5.55. The standard InChI is InChI=1S/C12H10O3S/c1-15-9-4-2-8(3-5-9)11(14)12-10(13)6-7-16-12/h2-7,13H,1H3/i11+2. The van der Waals surface area contributed by atoms with E-state index in [-0.39, 0.29) is 11.5 Å². The van der Waals surface area contributed by atoms with Gasteiger partial charge < -0.3 is 9.84 Å². The van der Waals surface area contributed by atoms with Gasteiger partial charge in [-0.2, -0.15) is 0 Å². The molecule has 1 aromatic heterocycles. The van der Waals surface area contributed by atoms with Crippen molar-refractivity contribution in [2.75, 3.05) is 7.11 Å². The Labute approximate surface area is 96.9 Å². The van der Waals surface area contributed by atoms with Crippen LogP contribution in [0.3, 0.4) is 0 Å². The van der Waals surface area contributed by atoms with Crippen LogP contribution in [0, 0.1) is 0 Å². The maximum Gasteiger partial charge on any atom is 0.206 e. The molecule has 3 nitrogen and oxygen atoms in total. The molecular formula is C12H10O3S. The van der Waals surface area contributed by atoms with E-state index < -0.39 is 0 Å². The molecule has 0 unspecified atom stereocenters. The second kappa shape index (κ2) is 4.37. The summed E-state index contributed by atoms with van der Waals surface area (Å²) in [5.41, 5.74) is 0.540. The molecule has 0 amide bonds. The lowest BCUT2D eigenvalue weighted by Crippen LogP contribution is -1.98. The zero-order chi connectivity index (χ0) is 11.5. The fraction of sp³-hybridized carbons (Fsp3) is 0.0833. The first-order chi connectivity index (χ1) is 7.72. The zero-order valence-electron chi connectivity index (χ0n) is 8.64. The summed E-state index contributed by atoms with van der Waals surface area (Å²) >= 11 is 1.23. The fourth-order valence-electron chi connectivity index (χ4n) is 1.35. The van der Waals surface area contributed by atoms with Crippen molar-refractivity contribution in [1.82, 2.24) is 0 Å².